The summed E-state index contributed by atoms with van der Waals surface area (Å²) >= 11 is 18.8. The lowest BCUT2D eigenvalue weighted by Gasteiger charge is -2.33. The van der Waals surface area contributed by atoms with Crippen LogP contribution in [0.25, 0.3) is 0 Å². The maximum atomic E-state index is 14.0. The summed E-state index contributed by atoms with van der Waals surface area (Å²) in [4.78, 5) is 28.2. The van der Waals surface area contributed by atoms with Crippen LogP contribution in [0.15, 0.2) is 65.6 Å². The van der Waals surface area contributed by atoms with Crippen LogP contribution in [0.5, 0.6) is 0 Å². The molecule has 0 aliphatic carbocycles. The standard InChI is InChI=1S/C28H30Cl3N3O4S/c1-5-25(28(36)32-4)33(16-20-11-12-21(29)15-24(20)31)27(35)17-34(26-8-6-7-23(30)19(26)3)39(37,38)22-13-9-18(2)10-14-22/h6-15,25H,5,16-17H2,1-4H3,(H,32,36). The Bertz CT molecular complexity index is 1460. The Balaban J connectivity index is 2.12. The van der Waals surface area contributed by atoms with E-state index in [4.69, 9.17) is 34.8 Å². The Morgan fingerprint density at radius 1 is 0.949 bits per heavy atom. The van der Waals surface area contributed by atoms with Gasteiger partial charge in [-0.25, -0.2) is 8.42 Å². The SMILES string of the molecule is CCC(C(=O)NC)N(Cc1ccc(Cl)cc1Cl)C(=O)CN(c1cccc(Cl)c1C)S(=O)(=O)c1ccc(C)cc1. The minimum atomic E-state index is -4.20. The third kappa shape index (κ3) is 7.06. The first-order valence-corrected chi connectivity index (χ1v) is 14.8. The van der Waals surface area contributed by atoms with E-state index in [1.54, 1.807) is 62.4 Å². The van der Waals surface area contributed by atoms with Gasteiger partial charge >= 0.3 is 0 Å². The molecule has 1 unspecified atom stereocenters. The molecular formula is C28H30Cl3N3O4S. The van der Waals surface area contributed by atoms with Crippen LogP contribution < -0.4 is 9.62 Å². The van der Waals surface area contributed by atoms with Crippen LogP contribution in [-0.2, 0) is 26.2 Å². The minimum Gasteiger partial charge on any atom is -0.357 e. The quantitative estimate of drug-likeness (QED) is 0.305. The average Bonchev–Trinajstić information content (AvgIpc) is 2.90. The molecule has 0 radical (unpaired) electrons. The number of carbonyl (C=O) groups is 2. The highest BCUT2D eigenvalue weighted by molar-refractivity contribution is 7.92. The normalized spacial score (nSPS) is 12.1. The molecule has 0 heterocycles. The summed E-state index contributed by atoms with van der Waals surface area (Å²) in [5.41, 5.74) is 2.20. The van der Waals surface area contributed by atoms with Crippen molar-refractivity contribution in [2.24, 2.45) is 0 Å². The van der Waals surface area contributed by atoms with Crippen LogP contribution in [0.3, 0.4) is 0 Å². The number of hydrogen-bond donors (Lipinski definition) is 1. The molecule has 3 rings (SSSR count). The lowest BCUT2D eigenvalue weighted by Crippen LogP contribution is -2.51. The Morgan fingerprint density at radius 3 is 2.21 bits per heavy atom. The Hall–Kier alpha value is -2.78. The molecule has 0 fully saturated rings. The van der Waals surface area contributed by atoms with E-state index in [1.165, 1.54) is 24.1 Å². The van der Waals surface area contributed by atoms with Gasteiger partial charge in [0.15, 0.2) is 0 Å². The number of benzene rings is 3. The van der Waals surface area contributed by atoms with Crippen molar-refractivity contribution in [1.29, 1.82) is 0 Å². The third-order valence-corrected chi connectivity index (χ3v) is 9.15. The van der Waals surface area contributed by atoms with E-state index in [1.807, 2.05) is 6.92 Å². The molecule has 0 saturated carbocycles. The smallest absolute Gasteiger partial charge is 0.264 e. The molecule has 0 aliphatic heterocycles. The topological polar surface area (TPSA) is 86.8 Å². The molecule has 208 valence electrons. The zero-order valence-electron chi connectivity index (χ0n) is 22.0. The summed E-state index contributed by atoms with van der Waals surface area (Å²) in [7, 11) is -2.72. The van der Waals surface area contributed by atoms with E-state index in [0.29, 0.717) is 26.2 Å². The van der Waals surface area contributed by atoms with E-state index >= 15 is 0 Å². The average molecular weight is 611 g/mol. The largest absolute Gasteiger partial charge is 0.357 e. The first kappa shape index (κ1) is 30.8. The van der Waals surface area contributed by atoms with E-state index in [-0.39, 0.29) is 29.5 Å². The molecule has 3 aromatic carbocycles. The number of amides is 2. The number of nitrogens with one attached hydrogen (secondary N) is 1. The molecule has 2 amide bonds. The van der Waals surface area contributed by atoms with Gasteiger partial charge in [0.1, 0.15) is 12.6 Å². The minimum absolute atomic E-state index is 0.0194. The van der Waals surface area contributed by atoms with Crippen LogP contribution in [0, 0.1) is 13.8 Å². The first-order chi connectivity index (χ1) is 18.4. The molecule has 39 heavy (non-hydrogen) atoms. The summed E-state index contributed by atoms with van der Waals surface area (Å²) < 4.78 is 28.9. The van der Waals surface area contributed by atoms with E-state index in [0.717, 1.165) is 9.87 Å². The van der Waals surface area contributed by atoms with Crippen LogP contribution in [0.4, 0.5) is 5.69 Å². The number of nitrogens with zero attached hydrogens (tertiary/aromatic N) is 2. The van der Waals surface area contributed by atoms with Gasteiger partial charge in [-0.05, 0) is 67.8 Å². The number of anilines is 1. The van der Waals surface area contributed by atoms with Gasteiger partial charge in [-0.15, -0.1) is 0 Å². The van der Waals surface area contributed by atoms with Gasteiger partial charge in [-0.3, -0.25) is 13.9 Å². The zero-order valence-corrected chi connectivity index (χ0v) is 25.1. The van der Waals surface area contributed by atoms with Gasteiger partial charge in [0.25, 0.3) is 10.0 Å². The lowest BCUT2D eigenvalue weighted by atomic mass is 10.1. The van der Waals surface area contributed by atoms with Crippen molar-refractivity contribution in [2.75, 3.05) is 17.9 Å². The van der Waals surface area contributed by atoms with Gasteiger partial charge in [-0.1, -0.05) is 71.6 Å². The number of likely N-dealkylation sites (N-methyl/N-ethyl adjacent to an activating group) is 1. The second-order valence-corrected chi connectivity index (χ2v) is 12.1. The monoisotopic (exact) mass is 609 g/mol. The van der Waals surface area contributed by atoms with Gasteiger partial charge in [0.05, 0.1) is 10.6 Å². The van der Waals surface area contributed by atoms with Crippen LogP contribution in [0.2, 0.25) is 15.1 Å². The number of sulfonamides is 1. The molecule has 0 aliphatic rings. The Labute approximate surface area is 244 Å². The van der Waals surface area contributed by atoms with Crippen LogP contribution >= 0.6 is 34.8 Å². The van der Waals surface area contributed by atoms with Gasteiger partial charge in [-0.2, -0.15) is 0 Å². The summed E-state index contributed by atoms with van der Waals surface area (Å²) in [6.07, 6.45) is 0.289. The summed E-state index contributed by atoms with van der Waals surface area (Å²) in [6.45, 7) is 4.70. The van der Waals surface area contributed by atoms with Crippen molar-refractivity contribution in [2.45, 2.75) is 44.7 Å². The summed E-state index contributed by atoms with van der Waals surface area (Å²) in [5.74, 6) is -0.977. The maximum absolute atomic E-state index is 14.0. The fraction of sp³-hybridized carbons (Fsp3) is 0.286. The van der Waals surface area contributed by atoms with E-state index < -0.39 is 28.5 Å². The van der Waals surface area contributed by atoms with Crippen molar-refractivity contribution >= 4 is 62.3 Å². The highest BCUT2D eigenvalue weighted by Gasteiger charge is 2.34. The van der Waals surface area contributed by atoms with E-state index in [9.17, 15) is 18.0 Å². The highest BCUT2D eigenvalue weighted by Crippen LogP contribution is 2.32. The summed E-state index contributed by atoms with van der Waals surface area (Å²) in [6, 6.07) is 15.2. The van der Waals surface area contributed by atoms with Crippen molar-refractivity contribution in [1.82, 2.24) is 10.2 Å². The number of hydrogen-bond acceptors (Lipinski definition) is 4. The van der Waals surface area contributed by atoms with Gasteiger partial charge in [0, 0.05) is 28.7 Å². The van der Waals surface area contributed by atoms with Gasteiger partial charge < -0.3 is 10.2 Å². The van der Waals surface area contributed by atoms with Crippen molar-refractivity contribution in [3.8, 4) is 0 Å². The number of rotatable bonds is 10. The molecular weight excluding hydrogens is 581 g/mol. The molecule has 3 aromatic rings. The van der Waals surface area contributed by atoms with Gasteiger partial charge in [0.2, 0.25) is 11.8 Å². The molecule has 0 spiro atoms. The maximum Gasteiger partial charge on any atom is 0.264 e. The highest BCUT2D eigenvalue weighted by atomic mass is 35.5. The third-order valence-electron chi connectivity index (χ3n) is 6.38. The molecule has 7 nitrogen and oxygen atoms in total. The van der Waals surface area contributed by atoms with Crippen LogP contribution in [0.1, 0.15) is 30.0 Å². The molecule has 0 aromatic heterocycles. The predicted octanol–water partition coefficient (Wildman–Crippen LogP) is 6.01. The summed E-state index contributed by atoms with van der Waals surface area (Å²) in [5, 5.41) is 3.68. The fourth-order valence-corrected chi connectivity index (χ4v) is 6.25. The lowest BCUT2D eigenvalue weighted by molar-refractivity contribution is -0.140. The second-order valence-electron chi connectivity index (χ2n) is 9.00. The molecule has 1 atom stereocenters. The second kappa shape index (κ2) is 13.0. The number of aryl methyl sites for hydroxylation is 1. The predicted molar refractivity (Wildman–Crippen MR) is 157 cm³/mol. The number of halogens is 3. The van der Waals surface area contributed by atoms with Crippen molar-refractivity contribution in [3.05, 3.63) is 92.4 Å². The van der Waals surface area contributed by atoms with Crippen LogP contribution in [-0.4, -0.2) is 44.8 Å². The van der Waals surface area contributed by atoms with E-state index in [2.05, 4.69) is 5.32 Å². The molecule has 0 bridgehead atoms. The fourth-order valence-electron chi connectivity index (χ4n) is 4.14. The van der Waals surface area contributed by atoms with Crippen molar-refractivity contribution < 1.29 is 18.0 Å². The number of carbonyl (C=O) groups excluding carboxylic acids is 2. The molecule has 11 heteroatoms. The first-order valence-electron chi connectivity index (χ1n) is 12.2. The molecule has 0 saturated heterocycles. The Morgan fingerprint density at radius 2 is 1.62 bits per heavy atom. The Kier molecular flexibility index (Phi) is 10.3. The molecule has 1 N–H and O–H groups in total. The van der Waals surface area contributed by atoms with Crippen molar-refractivity contribution in [3.63, 3.8) is 0 Å². The zero-order chi connectivity index (χ0) is 28.9.